The van der Waals surface area contributed by atoms with E-state index in [0.717, 1.165) is 0 Å². The molecule has 0 bridgehead atoms. The van der Waals surface area contributed by atoms with Crippen LogP contribution in [0.5, 0.6) is 11.5 Å². The summed E-state index contributed by atoms with van der Waals surface area (Å²) in [6.45, 7) is -0.141. The standard InChI is InChI=1S/C10H11NO6/c12-8-3-5-9(6-4-8)17-10(13)2-1-7-16-11(14)15/h3-6,12H,1-2,7H2. The fourth-order valence-electron chi connectivity index (χ4n) is 1.05. The minimum Gasteiger partial charge on any atom is -0.508 e. The van der Waals surface area contributed by atoms with Gasteiger partial charge in [-0.3, -0.25) is 4.79 Å². The minimum atomic E-state index is -0.911. The molecule has 0 spiro atoms. The van der Waals surface area contributed by atoms with Crippen LogP contribution in [-0.2, 0) is 9.63 Å². The molecule has 0 saturated heterocycles. The normalized spacial score (nSPS) is 9.65. The molecule has 0 aliphatic carbocycles. The summed E-state index contributed by atoms with van der Waals surface area (Å²) in [5.41, 5.74) is 0. The Bertz CT molecular complexity index is 388. The van der Waals surface area contributed by atoms with E-state index in [1.165, 1.54) is 24.3 Å². The smallest absolute Gasteiger partial charge is 0.311 e. The topological polar surface area (TPSA) is 98.9 Å². The van der Waals surface area contributed by atoms with Crippen molar-refractivity contribution in [2.24, 2.45) is 0 Å². The van der Waals surface area contributed by atoms with Crippen molar-refractivity contribution in [3.63, 3.8) is 0 Å². The summed E-state index contributed by atoms with van der Waals surface area (Å²) >= 11 is 0. The van der Waals surface area contributed by atoms with E-state index in [1.807, 2.05) is 0 Å². The number of benzene rings is 1. The van der Waals surface area contributed by atoms with Gasteiger partial charge in [0.1, 0.15) is 11.5 Å². The Morgan fingerprint density at radius 3 is 2.59 bits per heavy atom. The number of ether oxygens (including phenoxy) is 1. The molecule has 0 saturated carbocycles. The van der Waals surface area contributed by atoms with E-state index in [0.29, 0.717) is 5.75 Å². The van der Waals surface area contributed by atoms with Crippen molar-refractivity contribution in [3.8, 4) is 11.5 Å². The van der Waals surface area contributed by atoms with Gasteiger partial charge >= 0.3 is 5.97 Å². The third-order valence-electron chi connectivity index (χ3n) is 1.79. The van der Waals surface area contributed by atoms with Crippen molar-refractivity contribution in [3.05, 3.63) is 34.4 Å². The van der Waals surface area contributed by atoms with Gasteiger partial charge in [0.2, 0.25) is 0 Å². The molecule has 0 unspecified atom stereocenters. The lowest BCUT2D eigenvalue weighted by Gasteiger charge is -2.03. The number of carbonyl (C=O) groups excluding carboxylic acids is 1. The van der Waals surface area contributed by atoms with Crippen molar-refractivity contribution in [1.82, 2.24) is 0 Å². The number of nitrogens with zero attached hydrogens (tertiary/aromatic N) is 1. The molecule has 0 heterocycles. The van der Waals surface area contributed by atoms with Crippen LogP contribution in [0.3, 0.4) is 0 Å². The molecule has 0 atom stereocenters. The fraction of sp³-hybridized carbons (Fsp3) is 0.300. The number of hydrogen-bond donors (Lipinski definition) is 1. The second-order valence-corrected chi connectivity index (χ2v) is 3.13. The minimum absolute atomic E-state index is 0.0225. The highest BCUT2D eigenvalue weighted by molar-refractivity contribution is 5.72. The molecule has 0 amide bonds. The number of esters is 1. The predicted octanol–water partition coefficient (Wildman–Crippen LogP) is 1.29. The molecule has 0 fully saturated rings. The van der Waals surface area contributed by atoms with Crippen LogP contribution in [0.1, 0.15) is 12.8 Å². The predicted molar refractivity (Wildman–Crippen MR) is 55.9 cm³/mol. The van der Waals surface area contributed by atoms with Gasteiger partial charge < -0.3 is 14.7 Å². The molecular formula is C10H11NO6. The zero-order chi connectivity index (χ0) is 12.7. The number of carbonyl (C=O) groups is 1. The number of rotatable bonds is 6. The Morgan fingerprint density at radius 2 is 2.00 bits per heavy atom. The van der Waals surface area contributed by atoms with Crippen molar-refractivity contribution < 1.29 is 24.6 Å². The van der Waals surface area contributed by atoms with Crippen molar-refractivity contribution in [1.29, 1.82) is 0 Å². The molecule has 0 aliphatic heterocycles. The van der Waals surface area contributed by atoms with Crippen LogP contribution in [0.4, 0.5) is 0 Å². The first-order valence-electron chi connectivity index (χ1n) is 4.85. The lowest BCUT2D eigenvalue weighted by Crippen LogP contribution is -2.10. The number of phenols is 1. The molecule has 0 radical (unpaired) electrons. The Morgan fingerprint density at radius 1 is 1.35 bits per heavy atom. The Balaban J connectivity index is 2.25. The van der Waals surface area contributed by atoms with Crippen molar-refractivity contribution in [2.75, 3.05) is 6.61 Å². The zero-order valence-electron chi connectivity index (χ0n) is 8.87. The maximum atomic E-state index is 11.2. The van der Waals surface area contributed by atoms with Crippen LogP contribution in [0, 0.1) is 10.1 Å². The molecule has 1 N–H and O–H groups in total. The van der Waals surface area contributed by atoms with Crippen LogP contribution in [0.15, 0.2) is 24.3 Å². The maximum Gasteiger partial charge on any atom is 0.311 e. The third kappa shape index (κ3) is 5.36. The molecule has 92 valence electrons. The first-order chi connectivity index (χ1) is 8.08. The van der Waals surface area contributed by atoms with Gasteiger partial charge in [-0.05, 0) is 30.7 Å². The van der Waals surface area contributed by atoms with E-state index in [-0.39, 0.29) is 25.2 Å². The monoisotopic (exact) mass is 241 g/mol. The highest BCUT2D eigenvalue weighted by atomic mass is 16.9. The first-order valence-corrected chi connectivity index (χ1v) is 4.85. The molecule has 0 aromatic heterocycles. The van der Waals surface area contributed by atoms with Gasteiger partial charge in [0.25, 0.3) is 5.09 Å². The SMILES string of the molecule is O=C(CCCO[N+](=O)[O-])Oc1ccc(O)cc1. The lowest BCUT2D eigenvalue weighted by molar-refractivity contribution is -0.757. The lowest BCUT2D eigenvalue weighted by atomic mass is 10.3. The average Bonchev–Trinajstić information content (AvgIpc) is 2.27. The van der Waals surface area contributed by atoms with Gasteiger partial charge in [-0.25, -0.2) is 0 Å². The van der Waals surface area contributed by atoms with E-state index in [1.54, 1.807) is 0 Å². The molecule has 7 nitrogen and oxygen atoms in total. The highest BCUT2D eigenvalue weighted by Gasteiger charge is 2.05. The quantitative estimate of drug-likeness (QED) is 0.265. The summed E-state index contributed by atoms with van der Waals surface area (Å²) in [5.74, 6) is -0.130. The number of aromatic hydroxyl groups is 1. The van der Waals surface area contributed by atoms with Crippen LogP contribution < -0.4 is 4.74 Å². The summed E-state index contributed by atoms with van der Waals surface area (Å²) in [5, 5.41) is 17.9. The molecule has 1 rings (SSSR count). The van der Waals surface area contributed by atoms with Gasteiger partial charge in [0.05, 0.1) is 6.61 Å². The molecule has 1 aromatic rings. The Hall–Kier alpha value is -2.31. The van der Waals surface area contributed by atoms with E-state index in [2.05, 4.69) is 4.84 Å². The van der Waals surface area contributed by atoms with E-state index in [4.69, 9.17) is 9.84 Å². The van der Waals surface area contributed by atoms with Gasteiger partial charge in [-0.1, -0.05) is 0 Å². The summed E-state index contributed by atoms with van der Waals surface area (Å²) in [4.78, 5) is 25.1. The van der Waals surface area contributed by atoms with Crippen LogP contribution >= 0.6 is 0 Å². The van der Waals surface area contributed by atoms with E-state index < -0.39 is 11.1 Å². The second-order valence-electron chi connectivity index (χ2n) is 3.13. The Labute approximate surface area is 96.7 Å². The van der Waals surface area contributed by atoms with Crippen molar-refractivity contribution >= 4 is 5.97 Å². The number of hydrogen-bond acceptors (Lipinski definition) is 6. The largest absolute Gasteiger partial charge is 0.508 e. The molecule has 1 aromatic carbocycles. The van der Waals surface area contributed by atoms with Crippen LogP contribution in [-0.4, -0.2) is 22.8 Å². The van der Waals surface area contributed by atoms with Gasteiger partial charge in [0, 0.05) is 6.42 Å². The van der Waals surface area contributed by atoms with Gasteiger partial charge in [-0.2, -0.15) is 0 Å². The van der Waals surface area contributed by atoms with E-state index >= 15 is 0 Å². The molecular weight excluding hydrogens is 230 g/mol. The highest BCUT2D eigenvalue weighted by Crippen LogP contribution is 2.16. The van der Waals surface area contributed by atoms with Crippen molar-refractivity contribution in [2.45, 2.75) is 12.8 Å². The van der Waals surface area contributed by atoms with Gasteiger partial charge in [-0.15, -0.1) is 10.1 Å². The summed E-state index contributed by atoms with van der Waals surface area (Å²) in [6.07, 6.45) is 0.229. The second kappa shape index (κ2) is 6.31. The molecule has 17 heavy (non-hydrogen) atoms. The van der Waals surface area contributed by atoms with Gasteiger partial charge in [0.15, 0.2) is 0 Å². The molecule has 0 aliphatic rings. The summed E-state index contributed by atoms with van der Waals surface area (Å²) < 4.78 is 4.90. The average molecular weight is 241 g/mol. The summed E-state index contributed by atoms with van der Waals surface area (Å²) in [7, 11) is 0. The maximum absolute atomic E-state index is 11.2. The summed E-state index contributed by atoms with van der Waals surface area (Å²) in [6, 6.07) is 5.67. The molecule has 7 heteroatoms. The third-order valence-corrected chi connectivity index (χ3v) is 1.79. The van der Waals surface area contributed by atoms with Crippen LogP contribution in [0.2, 0.25) is 0 Å². The number of phenolic OH excluding ortho intramolecular Hbond substituents is 1. The first kappa shape index (κ1) is 12.8. The van der Waals surface area contributed by atoms with Crippen LogP contribution in [0.25, 0.3) is 0 Å². The van der Waals surface area contributed by atoms with E-state index in [9.17, 15) is 14.9 Å². The fourth-order valence-corrected chi connectivity index (χ4v) is 1.05. The zero-order valence-corrected chi connectivity index (χ0v) is 8.87. The Kier molecular flexibility index (Phi) is 4.74.